The van der Waals surface area contributed by atoms with Gasteiger partial charge in [-0.15, -0.1) is 0 Å². The first-order valence-corrected chi connectivity index (χ1v) is 10.6. The van der Waals surface area contributed by atoms with Gasteiger partial charge in [0, 0.05) is 17.2 Å². The summed E-state index contributed by atoms with van der Waals surface area (Å²) in [5.41, 5.74) is 6.76. The first-order valence-electron chi connectivity index (χ1n) is 10.6. The maximum Gasteiger partial charge on any atom is 0.241 e. The van der Waals surface area contributed by atoms with Gasteiger partial charge in [-0.2, -0.15) is 5.26 Å². The second kappa shape index (κ2) is 7.72. The molecule has 3 aromatic rings. The van der Waals surface area contributed by atoms with Gasteiger partial charge in [-0.25, -0.2) is 4.39 Å². The summed E-state index contributed by atoms with van der Waals surface area (Å²) in [6.07, 6.45) is 3.62. The molecule has 4 atom stereocenters. The first-order chi connectivity index (χ1) is 16.0. The molecule has 5 nitrogen and oxygen atoms in total. The van der Waals surface area contributed by atoms with Gasteiger partial charge in [-0.05, 0) is 29.3 Å². The van der Waals surface area contributed by atoms with Crippen LogP contribution in [-0.2, 0) is 4.79 Å². The highest BCUT2D eigenvalue weighted by atomic mass is 19.1. The number of carbonyl (C=O) groups is 2. The molecule has 2 heterocycles. The van der Waals surface area contributed by atoms with Crippen LogP contribution in [0, 0.1) is 22.6 Å². The van der Waals surface area contributed by atoms with E-state index in [0.717, 1.165) is 11.3 Å². The fourth-order valence-corrected chi connectivity index (χ4v) is 5.24. The van der Waals surface area contributed by atoms with E-state index in [9.17, 15) is 19.2 Å². The number of rotatable bonds is 4. The van der Waals surface area contributed by atoms with Crippen molar-refractivity contribution in [3.05, 3.63) is 107 Å². The molecule has 162 valence electrons. The Labute approximate surface area is 190 Å². The average Bonchev–Trinajstić information content (AvgIpc) is 3.16. The van der Waals surface area contributed by atoms with E-state index in [2.05, 4.69) is 6.07 Å². The summed E-state index contributed by atoms with van der Waals surface area (Å²) >= 11 is 0. The number of nitriles is 1. The summed E-state index contributed by atoms with van der Waals surface area (Å²) in [6.45, 7) is 0. The van der Waals surface area contributed by atoms with E-state index in [1.54, 1.807) is 30.3 Å². The van der Waals surface area contributed by atoms with Crippen LogP contribution in [0.25, 0.3) is 6.08 Å². The van der Waals surface area contributed by atoms with E-state index in [1.807, 2.05) is 41.3 Å². The molecule has 5 rings (SSSR count). The van der Waals surface area contributed by atoms with Crippen molar-refractivity contribution in [3.8, 4) is 6.07 Å². The predicted molar refractivity (Wildman–Crippen MR) is 123 cm³/mol. The molecule has 0 unspecified atom stereocenters. The molecule has 6 heteroatoms. The number of nitrogens with two attached hydrogens (primary N) is 1. The van der Waals surface area contributed by atoms with Crippen molar-refractivity contribution in [1.29, 1.82) is 5.26 Å². The van der Waals surface area contributed by atoms with E-state index >= 15 is 0 Å². The third-order valence-electron chi connectivity index (χ3n) is 6.69. The van der Waals surface area contributed by atoms with Gasteiger partial charge in [-0.1, -0.05) is 72.8 Å². The fraction of sp³-hybridized carbons (Fsp3) is 0.148. The lowest BCUT2D eigenvalue weighted by Gasteiger charge is -2.36. The highest BCUT2D eigenvalue weighted by Gasteiger charge is 2.65. The fourth-order valence-electron chi connectivity index (χ4n) is 5.24. The highest BCUT2D eigenvalue weighted by Crippen LogP contribution is 2.55. The van der Waals surface area contributed by atoms with Gasteiger partial charge in [-0.3, -0.25) is 9.59 Å². The summed E-state index contributed by atoms with van der Waals surface area (Å²) in [5.74, 6) is -2.42. The molecule has 1 saturated heterocycles. The van der Waals surface area contributed by atoms with Gasteiger partial charge >= 0.3 is 0 Å². The maximum absolute atomic E-state index is 14.0. The van der Waals surface area contributed by atoms with Crippen molar-refractivity contribution in [2.24, 2.45) is 11.1 Å². The van der Waals surface area contributed by atoms with Crippen molar-refractivity contribution < 1.29 is 14.0 Å². The minimum atomic E-state index is -1.74. The number of halogens is 1. The quantitative estimate of drug-likeness (QED) is 0.624. The topological polar surface area (TPSA) is 87.2 Å². The number of hydrogen-bond donors (Lipinski definition) is 1. The number of primary amides is 1. The second-order valence-electron chi connectivity index (χ2n) is 8.32. The number of anilines is 1. The van der Waals surface area contributed by atoms with Gasteiger partial charge in [0.2, 0.25) is 5.91 Å². The smallest absolute Gasteiger partial charge is 0.241 e. The number of benzene rings is 3. The van der Waals surface area contributed by atoms with Crippen molar-refractivity contribution >= 4 is 23.5 Å². The van der Waals surface area contributed by atoms with Crippen LogP contribution < -0.4 is 10.6 Å². The van der Waals surface area contributed by atoms with Crippen LogP contribution in [-0.4, -0.2) is 23.8 Å². The van der Waals surface area contributed by atoms with Crippen LogP contribution in [0.2, 0.25) is 0 Å². The average molecular weight is 437 g/mol. The molecule has 33 heavy (non-hydrogen) atoms. The summed E-state index contributed by atoms with van der Waals surface area (Å²) in [5, 5.41) is 10.4. The lowest BCUT2D eigenvalue weighted by atomic mass is 9.67. The van der Waals surface area contributed by atoms with Crippen LogP contribution >= 0.6 is 0 Å². The number of ketones is 1. The number of para-hydroxylation sites is 1. The molecule has 0 aromatic heterocycles. The number of Topliss-reactive ketones (excluding diaryl/α,β-unsaturated/α-hetero) is 1. The number of carbonyl (C=O) groups excluding carboxylic acids is 2. The summed E-state index contributed by atoms with van der Waals surface area (Å²) in [4.78, 5) is 28.9. The Balaban J connectivity index is 1.81. The zero-order chi connectivity index (χ0) is 23.2. The minimum absolute atomic E-state index is 0.238. The third-order valence-corrected chi connectivity index (χ3v) is 6.69. The van der Waals surface area contributed by atoms with Crippen LogP contribution in [0.5, 0.6) is 0 Å². The molecule has 3 aromatic carbocycles. The molecule has 1 fully saturated rings. The zero-order valence-electron chi connectivity index (χ0n) is 17.6. The number of nitrogens with zero attached hydrogens (tertiary/aromatic N) is 2. The Morgan fingerprint density at radius 2 is 1.64 bits per heavy atom. The van der Waals surface area contributed by atoms with E-state index in [0.29, 0.717) is 11.1 Å². The lowest BCUT2D eigenvalue weighted by Crippen LogP contribution is -2.49. The largest absolute Gasteiger partial charge is 0.368 e. The summed E-state index contributed by atoms with van der Waals surface area (Å²) < 4.78 is 13.8. The molecular weight excluding hydrogens is 417 g/mol. The molecule has 0 saturated carbocycles. The predicted octanol–water partition coefficient (Wildman–Crippen LogP) is 4.07. The normalized spacial score (nSPS) is 25.1. The van der Waals surface area contributed by atoms with Gasteiger partial charge in [0.1, 0.15) is 11.9 Å². The molecule has 1 amide bonds. The third kappa shape index (κ3) is 2.97. The standard InChI is InChI=1S/C27H20FN3O2/c28-20-13-10-18(11-14-20)23-24(25(32)19-7-2-1-3-8-19)31-21-9-5-4-6-17(21)12-15-22(31)27(23,16-29)26(30)33/h1-15,22-24H,(H2,30,33)/t22-,23-,24-,27-/m1/s1. The monoisotopic (exact) mass is 437 g/mol. The van der Waals surface area contributed by atoms with Crippen LogP contribution in [0.15, 0.2) is 84.9 Å². The summed E-state index contributed by atoms with van der Waals surface area (Å²) in [6, 6.07) is 22.4. The van der Waals surface area contributed by atoms with Crippen LogP contribution in [0.1, 0.15) is 27.4 Å². The number of fused-ring (bicyclic) bond motifs is 3. The first kappa shape index (κ1) is 20.7. The molecule has 0 radical (unpaired) electrons. The Bertz CT molecular complexity index is 1310. The molecular formula is C27H20FN3O2. The molecule has 0 bridgehead atoms. The van der Waals surface area contributed by atoms with Crippen LogP contribution in [0.3, 0.4) is 0 Å². The maximum atomic E-state index is 14.0. The van der Waals surface area contributed by atoms with Gasteiger partial charge in [0.05, 0.1) is 12.1 Å². The van der Waals surface area contributed by atoms with Crippen LogP contribution in [0.4, 0.5) is 10.1 Å². The molecule has 2 N–H and O–H groups in total. The van der Waals surface area contributed by atoms with E-state index < -0.39 is 35.1 Å². The van der Waals surface area contributed by atoms with E-state index in [-0.39, 0.29) is 5.78 Å². The Hall–Kier alpha value is -4.24. The molecule has 0 aliphatic carbocycles. The Morgan fingerprint density at radius 1 is 0.970 bits per heavy atom. The highest BCUT2D eigenvalue weighted by molar-refractivity contribution is 6.06. The SMILES string of the molecule is N#C[C@]1(C(N)=O)[C@H](c2ccc(F)cc2)[C@H](C(=O)c2ccccc2)N2c3ccccc3C=C[C@@H]21. The minimum Gasteiger partial charge on any atom is -0.368 e. The molecule has 0 spiro atoms. The summed E-state index contributed by atoms with van der Waals surface area (Å²) in [7, 11) is 0. The van der Waals surface area contributed by atoms with Crippen molar-refractivity contribution in [1.82, 2.24) is 0 Å². The lowest BCUT2D eigenvalue weighted by molar-refractivity contribution is -0.125. The number of hydrogen-bond acceptors (Lipinski definition) is 4. The Kier molecular flexibility index (Phi) is 4.83. The van der Waals surface area contributed by atoms with E-state index in [4.69, 9.17) is 5.73 Å². The van der Waals surface area contributed by atoms with Crippen molar-refractivity contribution in [2.75, 3.05) is 4.90 Å². The van der Waals surface area contributed by atoms with Crippen molar-refractivity contribution in [2.45, 2.75) is 18.0 Å². The Morgan fingerprint density at radius 3 is 2.30 bits per heavy atom. The van der Waals surface area contributed by atoms with Gasteiger partial charge in [0.25, 0.3) is 0 Å². The second-order valence-corrected chi connectivity index (χ2v) is 8.32. The zero-order valence-corrected chi connectivity index (χ0v) is 17.6. The molecule has 2 aliphatic rings. The van der Waals surface area contributed by atoms with E-state index in [1.165, 1.54) is 24.3 Å². The van der Waals surface area contributed by atoms with Gasteiger partial charge in [0.15, 0.2) is 11.2 Å². The number of amides is 1. The van der Waals surface area contributed by atoms with Gasteiger partial charge < -0.3 is 10.6 Å². The van der Waals surface area contributed by atoms with Crippen molar-refractivity contribution in [3.63, 3.8) is 0 Å². The molecule has 2 aliphatic heterocycles.